The molecule has 1 saturated heterocycles. The number of aromatic nitrogens is 1. The van der Waals surface area contributed by atoms with Crippen LogP contribution < -0.4 is 10.6 Å². The third kappa shape index (κ3) is 3.92. The van der Waals surface area contributed by atoms with E-state index in [-0.39, 0.29) is 0 Å². The van der Waals surface area contributed by atoms with Gasteiger partial charge in [0, 0.05) is 24.2 Å². The van der Waals surface area contributed by atoms with Gasteiger partial charge < -0.3 is 10.6 Å². The average Bonchev–Trinajstić information content (AvgIpc) is 2.61. The molecule has 4 nitrogen and oxygen atoms in total. The minimum atomic E-state index is -4.39. The Hall–Kier alpha value is -2.57. The number of amides is 1. The van der Waals surface area contributed by atoms with Crippen molar-refractivity contribution in [1.29, 1.82) is 0 Å². The van der Waals surface area contributed by atoms with E-state index in [4.69, 9.17) is 5.73 Å². The molecule has 0 radical (unpaired) electrons. The van der Waals surface area contributed by atoms with E-state index in [1.54, 1.807) is 6.07 Å². The molecule has 2 heterocycles. The Labute approximate surface area is 143 Å². The van der Waals surface area contributed by atoms with E-state index in [2.05, 4.69) is 9.88 Å². The molecular formula is C18H18F3N3O. The highest BCUT2D eigenvalue weighted by molar-refractivity contribution is 5.94. The lowest BCUT2D eigenvalue weighted by Gasteiger charge is -2.28. The van der Waals surface area contributed by atoms with Crippen LogP contribution in [0.3, 0.4) is 0 Å². The Bertz CT molecular complexity index is 766. The third-order valence-electron chi connectivity index (χ3n) is 4.28. The number of primary amides is 1. The molecule has 1 aliphatic heterocycles. The van der Waals surface area contributed by atoms with Crippen LogP contribution in [0.25, 0.3) is 11.3 Å². The van der Waals surface area contributed by atoms with Crippen molar-refractivity contribution >= 4 is 11.7 Å². The molecule has 1 aromatic carbocycles. The summed E-state index contributed by atoms with van der Waals surface area (Å²) >= 11 is 0. The van der Waals surface area contributed by atoms with Crippen LogP contribution in [0.1, 0.15) is 35.2 Å². The van der Waals surface area contributed by atoms with Gasteiger partial charge in [0.1, 0.15) is 5.82 Å². The van der Waals surface area contributed by atoms with E-state index in [1.165, 1.54) is 18.2 Å². The molecule has 1 aromatic heterocycles. The molecule has 0 bridgehead atoms. The summed E-state index contributed by atoms with van der Waals surface area (Å²) in [5, 5.41) is 0. The molecule has 0 unspecified atom stereocenters. The number of benzene rings is 1. The van der Waals surface area contributed by atoms with Gasteiger partial charge in [-0.15, -0.1) is 0 Å². The molecule has 7 heteroatoms. The number of nitrogens with zero attached hydrogens (tertiary/aromatic N) is 2. The van der Waals surface area contributed by atoms with E-state index in [0.29, 0.717) is 22.6 Å². The van der Waals surface area contributed by atoms with Crippen LogP contribution in [-0.4, -0.2) is 24.0 Å². The maximum atomic E-state index is 12.7. The zero-order valence-electron chi connectivity index (χ0n) is 13.5. The second-order valence-electron chi connectivity index (χ2n) is 6.09. The summed E-state index contributed by atoms with van der Waals surface area (Å²) in [7, 11) is 0. The van der Waals surface area contributed by atoms with Gasteiger partial charge in [-0.3, -0.25) is 4.79 Å². The number of rotatable bonds is 3. The zero-order chi connectivity index (χ0) is 18.0. The second kappa shape index (κ2) is 6.74. The Balaban J connectivity index is 1.99. The van der Waals surface area contributed by atoms with Gasteiger partial charge in [-0.2, -0.15) is 13.2 Å². The number of pyridine rings is 1. The smallest absolute Gasteiger partial charge is 0.366 e. The largest absolute Gasteiger partial charge is 0.416 e. The molecule has 0 saturated carbocycles. The van der Waals surface area contributed by atoms with Gasteiger partial charge in [-0.25, -0.2) is 4.98 Å². The SMILES string of the molecule is NC(=O)c1cc(-c2ccc(C(F)(F)F)cc2)nc(N2CCCCC2)c1. The van der Waals surface area contributed by atoms with Crippen LogP contribution in [0.5, 0.6) is 0 Å². The zero-order valence-corrected chi connectivity index (χ0v) is 13.5. The topological polar surface area (TPSA) is 59.2 Å². The first-order valence-corrected chi connectivity index (χ1v) is 8.09. The third-order valence-corrected chi connectivity index (χ3v) is 4.28. The van der Waals surface area contributed by atoms with Crippen LogP contribution in [0, 0.1) is 0 Å². The van der Waals surface area contributed by atoms with Crippen LogP contribution >= 0.6 is 0 Å². The van der Waals surface area contributed by atoms with Crippen molar-refractivity contribution < 1.29 is 18.0 Å². The molecule has 0 spiro atoms. The molecule has 132 valence electrons. The first-order chi connectivity index (χ1) is 11.8. The molecule has 2 N–H and O–H groups in total. The van der Waals surface area contributed by atoms with Crippen LogP contribution in [0.2, 0.25) is 0 Å². The quantitative estimate of drug-likeness (QED) is 0.915. The Kier molecular flexibility index (Phi) is 4.65. The highest BCUT2D eigenvalue weighted by atomic mass is 19.4. The molecule has 1 aliphatic rings. The molecular weight excluding hydrogens is 331 g/mol. The lowest BCUT2D eigenvalue weighted by atomic mass is 10.1. The average molecular weight is 349 g/mol. The fourth-order valence-electron chi connectivity index (χ4n) is 2.92. The summed E-state index contributed by atoms with van der Waals surface area (Å²) < 4.78 is 38.1. The fourth-order valence-corrected chi connectivity index (χ4v) is 2.92. The molecule has 25 heavy (non-hydrogen) atoms. The molecule has 0 atom stereocenters. The van der Waals surface area contributed by atoms with Gasteiger partial charge in [0.15, 0.2) is 0 Å². The molecule has 3 rings (SSSR count). The monoisotopic (exact) mass is 349 g/mol. The number of anilines is 1. The van der Waals surface area contributed by atoms with Crippen molar-refractivity contribution in [3.05, 3.63) is 47.5 Å². The van der Waals surface area contributed by atoms with Crippen molar-refractivity contribution in [3.63, 3.8) is 0 Å². The Morgan fingerprint density at radius 1 is 1.04 bits per heavy atom. The first kappa shape index (κ1) is 17.3. The van der Waals surface area contributed by atoms with Gasteiger partial charge in [-0.1, -0.05) is 12.1 Å². The van der Waals surface area contributed by atoms with E-state index < -0.39 is 17.6 Å². The lowest BCUT2D eigenvalue weighted by Crippen LogP contribution is -2.30. The van der Waals surface area contributed by atoms with Crippen molar-refractivity contribution in [2.45, 2.75) is 25.4 Å². The first-order valence-electron chi connectivity index (χ1n) is 8.09. The number of nitrogens with two attached hydrogens (primary N) is 1. The minimum absolute atomic E-state index is 0.297. The number of hydrogen-bond donors (Lipinski definition) is 1. The van der Waals surface area contributed by atoms with Crippen LogP contribution in [-0.2, 0) is 6.18 Å². The standard InChI is InChI=1S/C18H18F3N3O/c19-18(20,21)14-6-4-12(5-7-14)15-10-13(17(22)25)11-16(23-15)24-8-2-1-3-9-24/h4-7,10-11H,1-3,8-9H2,(H2,22,25). The van der Waals surface area contributed by atoms with Gasteiger partial charge in [0.25, 0.3) is 0 Å². The number of halogens is 3. The Morgan fingerprint density at radius 2 is 1.68 bits per heavy atom. The number of piperidine rings is 1. The summed E-state index contributed by atoms with van der Waals surface area (Å²) in [6, 6.07) is 7.88. The fraction of sp³-hybridized carbons (Fsp3) is 0.333. The van der Waals surface area contributed by atoms with Crippen molar-refractivity contribution in [3.8, 4) is 11.3 Å². The summed E-state index contributed by atoms with van der Waals surface area (Å²) in [6.07, 6.45) is -1.16. The van der Waals surface area contributed by atoms with Gasteiger partial charge >= 0.3 is 6.18 Å². The van der Waals surface area contributed by atoms with Gasteiger partial charge in [-0.05, 0) is 43.5 Å². The highest BCUT2D eigenvalue weighted by Gasteiger charge is 2.30. The summed E-state index contributed by atoms with van der Waals surface area (Å²) in [5.41, 5.74) is 5.92. The van der Waals surface area contributed by atoms with Crippen molar-refractivity contribution in [1.82, 2.24) is 4.98 Å². The number of carbonyl (C=O) groups is 1. The summed E-state index contributed by atoms with van der Waals surface area (Å²) in [5.74, 6) is 0.0414. The number of hydrogen-bond acceptors (Lipinski definition) is 3. The van der Waals surface area contributed by atoms with E-state index in [9.17, 15) is 18.0 Å². The summed E-state index contributed by atoms with van der Waals surface area (Å²) in [6.45, 7) is 1.67. The predicted molar refractivity (Wildman–Crippen MR) is 89.3 cm³/mol. The highest BCUT2D eigenvalue weighted by Crippen LogP contribution is 2.31. The van der Waals surface area contributed by atoms with Gasteiger partial charge in [0.2, 0.25) is 5.91 Å². The van der Waals surface area contributed by atoms with E-state index in [0.717, 1.165) is 44.5 Å². The maximum absolute atomic E-state index is 12.7. The van der Waals surface area contributed by atoms with Crippen molar-refractivity contribution in [2.24, 2.45) is 5.73 Å². The second-order valence-corrected chi connectivity index (χ2v) is 6.09. The van der Waals surface area contributed by atoms with Gasteiger partial charge in [0.05, 0.1) is 11.3 Å². The molecule has 2 aromatic rings. The minimum Gasteiger partial charge on any atom is -0.366 e. The van der Waals surface area contributed by atoms with E-state index in [1.807, 2.05) is 0 Å². The lowest BCUT2D eigenvalue weighted by molar-refractivity contribution is -0.137. The summed E-state index contributed by atoms with van der Waals surface area (Å²) in [4.78, 5) is 18.2. The normalized spacial score (nSPS) is 15.2. The van der Waals surface area contributed by atoms with E-state index >= 15 is 0 Å². The molecule has 1 fully saturated rings. The predicted octanol–water partition coefficient (Wildman–Crippen LogP) is 3.86. The molecule has 1 amide bonds. The number of alkyl halides is 3. The maximum Gasteiger partial charge on any atom is 0.416 e. The number of carbonyl (C=O) groups excluding carboxylic acids is 1. The van der Waals surface area contributed by atoms with Crippen LogP contribution in [0.15, 0.2) is 36.4 Å². The van der Waals surface area contributed by atoms with Crippen LogP contribution in [0.4, 0.5) is 19.0 Å². The molecule has 0 aliphatic carbocycles. The Morgan fingerprint density at radius 3 is 2.24 bits per heavy atom. The van der Waals surface area contributed by atoms with Crippen molar-refractivity contribution in [2.75, 3.05) is 18.0 Å².